The van der Waals surface area contributed by atoms with Crippen LogP contribution in [-0.4, -0.2) is 21.4 Å². The van der Waals surface area contributed by atoms with Crippen molar-refractivity contribution in [3.8, 4) is 0 Å². The molecule has 0 heterocycles. The molecule has 0 radical (unpaired) electrons. The summed E-state index contributed by atoms with van der Waals surface area (Å²) >= 11 is 0. The first-order valence-electron chi connectivity index (χ1n) is 9.88. The third kappa shape index (κ3) is 6.40. The second-order valence-corrected chi connectivity index (χ2v) is 7.46. The predicted molar refractivity (Wildman–Crippen MR) is 117 cm³/mol. The zero-order chi connectivity index (χ0) is 23.1. The van der Waals surface area contributed by atoms with Gasteiger partial charge in [-0.3, -0.25) is 29.8 Å². The average Bonchev–Trinajstić information content (AvgIpc) is 2.74. The Morgan fingerprint density at radius 1 is 0.562 bits per heavy atom. The lowest BCUT2D eigenvalue weighted by molar-refractivity contribution is -0.385. The average molecular weight is 432 g/mol. The number of hydrogen-bond acceptors (Lipinski definition) is 6. The van der Waals surface area contributed by atoms with Crippen LogP contribution in [0.5, 0.6) is 0 Å². The molecule has 3 aromatic rings. The zero-order valence-electron chi connectivity index (χ0n) is 17.1. The van der Waals surface area contributed by atoms with Crippen LogP contribution in [0.2, 0.25) is 0 Å². The molecule has 162 valence electrons. The summed E-state index contributed by atoms with van der Waals surface area (Å²) < 4.78 is 0. The fourth-order valence-corrected chi connectivity index (χ4v) is 3.45. The van der Waals surface area contributed by atoms with E-state index < -0.39 is 9.85 Å². The molecule has 8 nitrogen and oxygen atoms in total. The minimum absolute atomic E-state index is 0.0560. The van der Waals surface area contributed by atoms with Gasteiger partial charge in [-0.05, 0) is 22.3 Å². The maximum atomic E-state index is 12.4. The van der Waals surface area contributed by atoms with E-state index >= 15 is 0 Å². The molecule has 0 N–H and O–H groups in total. The van der Waals surface area contributed by atoms with Crippen LogP contribution in [0.1, 0.15) is 22.3 Å². The lowest BCUT2D eigenvalue weighted by Crippen LogP contribution is -2.09. The maximum Gasteiger partial charge on any atom is 0.269 e. The van der Waals surface area contributed by atoms with E-state index in [4.69, 9.17) is 0 Å². The molecule has 0 aliphatic carbocycles. The van der Waals surface area contributed by atoms with Gasteiger partial charge in [0, 0.05) is 49.9 Å². The van der Waals surface area contributed by atoms with E-state index in [0.29, 0.717) is 11.1 Å². The van der Waals surface area contributed by atoms with Crippen molar-refractivity contribution in [1.29, 1.82) is 0 Å². The van der Waals surface area contributed by atoms with Gasteiger partial charge < -0.3 is 0 Å². The molecular formula is C24H20N2O6. The Hall–Kier alpha value is -4.20. The molecule has 0 atom stereocenters. The van der Waals surface area contributed by atoms with Crippen LogP contribution in [0.3, 0.4) is 0 Å². The van der Waals surface area contributed by atoms with Crippen molar-refractivity contribution >= 4 is 22.9 Å². The topological polar surface area (TPSA) is 120 Å². The summed E-state index contributed by atoms with van der Waals surface area (Å²) in [6.07, 6.45) is 0.459. The van der Waals surface area contributed by atoms with Gasteiger partial charge in [0.15, 0.2) is 0 Å². The highest BCUT2D eigenvalue weighted by Gasteiger charge is 2.12. The molecule has 0 unspecified atom stereocenters. The van der Waals surface area contributed by atoms with Gasteiger partial charge in [0.2, 0.25) is 0 Å². The smallest absolute Gasteiger partial charge is 0.269 e. The van der Waals surface area contributed by atoms with Crippen molar-refractivity contribution in [2.24, 2.45) is 0 Å². The van der Waals surface area contributed by atoms with Crippen molar-refractivity contribution in [3.05, 3.63) is 115 Å². The summed E-state index contributed by atoms with van der Waals surface area (Å²) in [7, 11) is 0. The molecule has 0 saturated heterocycles. The number of nitrogens with zero attached hydrogens (tertiary/aromatic N) is 2. The normalized spacial score (nSPS) is 10.5. The van der Waals surface area contributed by atoms with Crippen LogP contribution in [0.25, 0.3) is 0 Å². The van der Waals surface area contributed by atoms with E-state index in [2.05, 4.69) is 0 Å². The molecule has 0 aromatic heterocycles. The quantitative estimate of drug-likeness (QED) is 0.349. The summed E-state index contributed by atoms with van der Waals surface area (Å²) in [5.74, 6) is -0.184. The number of Topliss-reactive ketones (excluding diaryl/α,β-unsaturated/α-hetero) is 2. The van der Waals surface area contributed by atoms with Crippen LogP contribution in [0, 0.1) is 20.2 Å². The fraction of sp³-hybridized carbons (Fsp3) is 0.167. The third-order valence-electron chi connectivity index (χ3n) is 4.84. The predicted octanol–water partition coefficient (Wildman–Crippen LogP) is 4.21. The highest BCUT2D eigenvalue weighted by molar-refractivity contribution is 5.84. The number of non-ortho nitro benzene ring substituents is 2. The van der Waals surface area contributed by atoms with Crippen molar-refractivity contribution in [2.75, 3.05) is 0 Å². The van der Waals surface area contributed by atoms with E-state index in [1.165, 1.54) is 24.3 Å². The number of benzene rings is 3. The molecule has 0 spiro atoms. The second kappa shape index (κ2) is 10.2. The lowest BCUT2D eigenvalue weighted by atomic mass is 9.98. The van der Waals surface area contributed by atoms with Crippen molar-refractivity contribution in [1.82, 2.24) is 0 Å². The van der Waals surface area contributed by atoms with Gasteiger partial charge >= 0.3 is 0 Å². The summed E-state index contributed by atoms with van der Waals surface area (Å²) in [6, 6.07) is 19.1. The Kier molecular flexibility index (Phi) is 7.17. The van der Waals surface area contributed by atoms with E-state index in [1.54, 1.807) is 48.5 Å². The fourth-order valence-electron chi connectivity index (χ4n) is 3.45. The monoisotopic (exact) mass is 432 g/mol. The second-order valence-electron chi connectivity index (χ2n) is 7.46. The molecule has 0 fully saturated rings. The van der Waals surface area contributed by atoms with Crippen LogP contribution in [0.4, 0.5) is 11.4 Å². The van der Waals surface area contributed by atoms with E-state index in [1.807, 2.05) is 0 Å². The van der Waals surface area contributed by atoms with Crippen molar-refractivity contribution < 1.29 is 19.4 Å². The molecule has 32 heavy (non-hydrogen) atoms. The number of nitro benzene ring substituents is 2. The van der Waals surface area contributed by atoms with Gasteiger partial charge in [0.05, 0.1) is 9.85 Å². The Morgan fingerprint density at radius 3 is 1.22 bits per heavy atom. The van der Waals surface area contributed by atoms with Gasteiger partial charge in [-0.2, -0.15) is 0 Å². The largest absolute Gasteiger partial charge is 0.299 e. The number of rotatable bonds is 10. The standard InChI is InChI=1S/C24H20N2O6/c27-23(15-19-6-2-8-21(11-19)25(29)30)13-17-4-1-5-18(10-17)14-24(28)16-20-7-3-9-22(12-20)26(31)32/h1-12H,13-16H2. The Balaban J connectivity index is 1.60. The first-order chi connectivity index (χ1) is 15.3. The highest BCUT2D eigenvalue weighted by Crippen LogP contribution is 2.17. The van der Waals surface area contributed by atoms with Crippen LogP contribution in [0.15, 0.2) is 72.8 Å². The molecule has 0 amide bonds. The number of ketones is 2. The SMILES string of the molecule is O=C(Cc1cccc(CC(=O)Cc2cccc([N+](=O)[O-])c2)c1)Cc1cccc([N+](=O)[O-])c1. The first-order valence-corrected chi connectivity index (χ1v) is 9.88. The molecule has 0 bridgehead atoms. The summed E-state index contributed by atoms with van der Waals surface area (Å²) in [4.78, 5) is 45.6. The molecule has 0 aliphatic heterocycles. The van der Waals surface area contributed by atoms with E-state index in [-0.39, 0.29) is 48.6 Å². The molecule has 3 rings (SSSR count). The Bertz CT molecular complexity index is 1100. The number of nitro groups is 2. The molecular weight excluding hydrogens is 412 g/mol. The van der Waals surface area contributed by atoms with Crippen LogP contribution in [-0.2, 0) is 35.3 Å². The van der Waals surface area contributed by atoms with Gasteiger partial charge in [-0.1, -0.05) is 48.5 Å². The van der Waals surface area contributed by atoms with Crippen LogP contribution < -0.4 is 0 Å². The molecule has 8 heteroatoms. The number of carbonyl (C=O) groups excluding carboxylic acids is 2. The summed E-state index contributed by atoms with van der Waals surface area (Å²) in [5, 5.41) is 21.8. The Labute approximate surface area is 183 Å². The number of carbonyl (C=O) groups is 2. The van der Waals surface area contributed by atoms with Crippen molar-refractivity contribution in [2.45, 2.75) is 25.7 Å². The first kappa shape index (κ1) is 22.5. The van der Waals surface area contributed by atoms with E-state index in [9.17, 15) is 29.8 Å². The van der Waals surface area contributed by atoms with Crippen molar-refractivity contribution in [3.63, 3.8) is 0 Å². The minimum atomic E-state index is -0.498. The van der Waals surface area contributed by atoms with E-state index in [0.717, 1.165) is 11.1 Å². The minimum Gasteiger partial charge on any atom is -0.299 e. The highest BCUT2D eigenvalue weighted by atomic mass is 16.6. The molecule has 3 aromatic carbocycles. The zero-order valence-corrected chi connectivity index (χ0v) is 17.1. The molecule has 0 aliphatic rings. The molecule has 0 saturated carbocycles. The Morgan fingerprint density at radius 2 is 0.875 bits per heavy atom. The number of hydrogen-bond donors (Lipinski definition) is 0. The van der Waals surface area contributed by atoms with Crippen LogP contribution >= 0.6 is 0 Å². The van der Waals surface area contributed by atoms with Gasteiger partial charge in [0.1, 0.15) is 11.6 Å². The lowest BCUT2D eigenvalue weighted by Gasteiger charge is -2.06. The summed E-state index contributed by atoms with van der Waals surface area (Å²) in [6.45, 7) is 0. The van der Waals surface area contributed by atoms with Gasteiger partial charge in [-0.25, -0.2) is 0 Å². The summed E-state index contributed by atoms with van der Waals surface area (Å²) in [5.41, 5.74) is 2.54. The maximum absolute atomic E-state index is 12.4. The third-order valence-corrected chi connectivity index (χ3v) is 4.84. The van der Waals surface area contributed by atoms with Gasteiger partial charge in [-0.15, -0.1) is 0 Å². The van der Waals surface area contributed by atoms with Gasteiger partial charge in [0.25, 0.3) is 11.4 Å².